The molecule has 1 unspecified atom stereocenters. The second-order valence-corrected chi connectivity index (χ2v) is 3.88. The minimum atomic E-state index is -0.278. The van der Waals surface area contributed by atoms with Crippen LogP contribution < -0.4 is 4.74 Å². The fraction of sp³-hybridized carbons (Fsp3) is 0.400. The second kappa shape index (κ2) is 3.22. The number of rotatable bonds is 0. The monoisotopic (exact) mass is 198 g/mol. The van der Waals surface area contributed by atoms with E-state index in [1.54, 1.807) is 6.07 Å². The summed E-state index contributed by atoms with van der Waals surface area (Å²) in [6.07, 6.45) is 0.848. The van der Waals surface area contributed by atoms with E-state index in [4.69, 9.17) is 4.74 Å². The molecule has 0 spiro atoms. The maximum atomic E-state index is 13.3. The highest BCUT2D eigenvalue weighted by atomic mass is 32.1. The van der Waals surface area contributed by atoms with Gasteiger partial charge in [0.05, 0.1) is 6.61 Å². The number of hydrogen-bond donors (Lipinski definition) is 1. The summed E-state index contributed by atoms with van der Waals surface area (Å²) in [5, 5.41) is 0.111. The summed E-state index contributed by atoms with van der Waals surface area (Å²) in [6, 6.07) is 3.21. The van der Waals surface area contributed by atoms with Crippen LogP contribution in [0.15, 0.2) is 12.1 Å². The molecule has 0 aliphatic carbocycles. The van der Waals surface area contributed by atoms with Crippen molar-refractivity contribution >= 4 is 12.6 Å². The molecule has 0 aromatic heterocycles. The first-order chi connectivity index (χ1) is 6.20. The molecule has 0 amide bonds. The molecule has 0 radical (unpaired) electrons. The largest absolute Gasteiger partial charge is 0.490 e. The van der Waals surface area contributed by atoms with Gasteiger partial charge in [0.2, 0.25) is 0 Å². The molecule has 0 saturated heterocycles. The van der Waals surface area contributed by atoms with E-state index < -0.39 is 0 Å². The summed E-state index contributed by atoms with van der Waals surface area (Å²) in [5.74, 6) is 0.116. The molecular formula is C10H11FOS. The van der Waals surface area contributed by atoms with E-state index in [9.17, 15) is 4.39 Å². The van der Waals surface area contributed by atoms with Crippen molar-refractivity contribution in [2.45, 2.75) is 18.6 Å². The summed E-state index contributed by atoms with van der Waals surface area (Å²) in [6.45, 7) is 2.51. The maximum Gasteiger partial charge on any atom is 0.165 e. The topological polar surface area (TPSA) is 9.23 Å². The number of ether oxygens (including phenoxy) is 1. The van der Waals surface area contributed by atoms with E-state index >= 15 is 0 Å². The van der Waals surface area contributed by atoms with E-state index in [1.165, 1.54) is 6.07 Å². The van der Waals surface area contributed by atoms with Crippen LogP contribution in [-0.4, -0.2) is 6.61 Å². The van der Waals surface area contributed by atoms with Gasteiger partial charge in [0, 0.05) is 10.8 Å². The van der Waals surface area contributed by atoms with Crippen LogP contribution in [0.4, 0.5) is 4.39 Å². The Labute approximate surface area is 82.3 Å². The third-order valence-corrected chi connectivity index (χ3v) is 2.85. The first-order valence-corrected chi connectivity index (χ1v) is 4.81. The first kappa shape index (κ1) is 8.88. The standard InChI is InChI=1S/C10H11FOS/c1-6-2-3-7(11)10-9(6)8(13)4-5-12-10/h2-3,8,13H,4-5H2,1H3. The molecule has 1 heterocycles. The maximum absolute atomic E-state index is 13.3. The van der Waals surface area contributed by atoms with Gasteiger partial charge in [-0.05, 0) is 25.0 Å². The van der Waals surface area contributed by atoms with Crippen LogP contribution in [0.2, 0.25) is 0 Å². The Morgan fingerprint density at radius 1 is 1.54 bits per heavy atom. The fourth-order valence-electron chi connectivity index (χ4n) is 1.65. The Kier molecular flexibility index (Phi) is 2.20. The SMILES string of the molecule is Cc1ccc(F)c2c1C(S)CCO2. The molecule has 1 aliphatic heterocycles. The molecule has 1 nitrogen and oxygen atoms in total. The Bertz CT molecular complexity index is 338. The summed E-state index contributed by atoms with van der Waals surface area (Å²) in [7, 11) is 0. The van der Waals surface area contributed by atoms with Gasteiger partial charge in [0.25, 0.3) is 0 Å². The number of benzene rings is 1. The second-order valence-electron chi connectivity index (χ2n) is 3.26. The van der Waals surface area contributed by atoms with E-state index in [2.05, 4.69) is 12.6 Å². The molecule has 2 rings (SSSR count). The molecular weight excluding hydrogens is 187 g/mol. The average Bonchev–Trinajstić information content (AvgIpc) is 2.12. The van der Waals surface area contributed by atoms with Crippen molar-refractivity contribution in [3.63, 3.8) is 0 Å². The highest BCUT2D eigenvalue weighted by Gasteiger charge is 2.23. The van der Waals surface area contributed by atoms with Gasteiger partial charge in [0.15, 0.2) is 11.6 Å². The fourth-order valence-corrected chi connectivity index (χ4v) is 2.08. The Balaban J connectivity index is 2.60. The van der Waals surface area contributed by atoms with Gasteiger partial charge in [-0.25, -0.2) is 4.39 Å². The lowest BCUT2D eigenvalue weighted by molar-refractivity contribution is 0.271. The lowest BCUT2D eigenvalue weighted by atomic mass is 10.0. The van der Waals surface area contributed by atoms with Crippen LogP contribution in [0, 0.1) is 12.7 Å². The van der Waals surface area contributed by atoms with Crippen molar-refractivity contribution in [1.29, 1.82) is 0 Å². The molecule has 13 heavy (non-hydrogen) atoms. The first-order valence-electron chi connectivity index (χ1n) is 4.30. The van der Waals surface area contributed by atoms with E-state index in [-0.39, 0.29) is 11.1 Å². The third-order valence-electron chi connectivity index (χ3n) is 2.34. The lowest BCUT2D eigenvalue weighted by Crippen LogP contribution is -2.13. The zero-order valence-electron chi connectivity index (χ0n) is 7.38. The van der Waals surface area contributed by atoms with Crippen LogP contribution in [0.25, 0.3) is 0 Å². The Hall–Kier alpha value is -0.700. The molecule has 0 bridgehead atoms. The van der Waals surface area contributed by atoms with Crippen LogP contribution in [0.5, 0.6) is 5.75 Å². The summed E-state index contributed by atoms with van der Waals surface area (Å²) >= 11 is 4.41. The normalized spacial score (nSPS) is 20.7. The number of halogens is 1. The lowest BCUT2D eigenvalue weighted by Gasteiger charge is -2.24. The zero-order valence-corrected chi connectivity index (χ0v) is 8.27. The van der Waals surface area contributed by atoms with Crippen molar-refractivity contribution in [3.8, 4) is 5.75 Å². The Morgan fingerprint density at radius 3 is 3.00 bits per heavy atom. The highest BCUT2D eigenvalue weighted by Crippen LogP contribution is 2.39. The van der Waals surface area contributed by atoms with E-state index in [1.807, 2.05) is 6.92 Å². The van der Waals surface area contributed by atoms with Gasteiger partial charge in [-0.1, -0.05) is 6.07 Å². The quantitative estimate of drug-likeness (QED) is 0.631. The predicted octanol–water partition coefficient (Wildman–Crippen LogP) is 2.89. The smallest absolute Gasteiger partial charge is 0.165 e. The molecule has 70 valence electrons. The average molecular weight is 198 g/mol. The van der Waals surface area contributed by atoms with Crippen molar-refractivity contribution in [1.82, 2.24) is 0 Å². The molecule has 0 saturated carbocycles. The molecule has 1 aliphatic rings. The van der Waals surface area contributed by atoms with Crippen molar-refractivity contribution in [2.75, 3.05) is 6.61 Å². The van der Waals surface area contributed by atoms with Crippen molar-refractivity contribution < 1.29 is 9.13 Å². The Morgan fingerprint density at radius 2 is 2.31 bits per heavy atom. The minimum Gasteiger partial charge on any atom is -0.490 e. The van der Waals surface area contributed by atoms with Gasteiger partial charge >= 0.3 is 0 Å². The molecule has 1 aromatic carbocycles. The molecule has 0 N–H and O–H groups in total. The summed E-state index contributed by atoms with van der Waals surface area (Å²) in [5.41, 5.74) is 1.96. The minimum absolute atomic E-state index is 0.111. The van der Waals surface area contributed by atoms with Crippen molar-refractivity contribution in [3.05, 3.63) is 29.1 Å². The highest BCUT2D eigenvalue weighted by molar-refractivity contribution is 7.80. The molecule has 1 atom stereocenters. The summed E-state index contributed by atoms with van der Waals surface area (Å²) in [4.78, 5) is 0. The number of aryl methyl sites for hydroxylation is 1. The van der Waals surface area contributed by atoms with E-state index in [0.717, 1.165) is 17.5 Å². The number of thiol groups is 1. The van der Waals surface area contributed by atoms with Crippen molar-refractivity contribution in [2.24, 2.45) is 0 Å². The van der Waals surface area contributed by atoms with Crippen LogP contribution in [0.1, 0.15) is 22.8 Å². The third kappa shape index (κ3) is 1.41. The molecule has 0 fully saturated rings. The number of fused-ring (bicyclic) bond motifs is 1. The molecule has 1 aromatic rings. The van der Waals surface area contributed by atoms with Crippen LogP contribution in [0.3, 0.4) is 0 Å². The van der Waals surface area contributed by atoms with E-state index in [0.29, 0.717) is 12.4 Å². The van der Waals surface area contributed by atoms with Crippen LogP contribution >= 0.6 is 12.6 Å². The number of hydrogen-bond acceptors (Lipinski definition) is 2. The predicted molar refractivity (Wildman–Crippen MR) is 53.0 cm³/mol. The van der Waals surface area contributed by atoms with Gasteiger partial charge in [0.1, 0.15) is 0 Å². The summed E-state index contributed by atoms with van der Waals surface area (Å²) < 4.78 is 18.5. The van der Waals surface area contributed by atoms with Gasteiger partial charge in [-0.3, -0.25) is 0 Å². The van der Waals surface area contributed by atoms with Gasteiger partial charge in [-0.2, -0.15) is 12.6 Å². The van der Waals surface area contributed by atoms with Gasteiger partial charge in [-0.15, -0.1) is 0 Å². The van der Waals surface area contributed by atoms with Crippen LogP contribution in [-0.2, 0) is 0 Å². The molecule has 3 heteroatoms. The van der Waals surface area contributed by atoms with Gasteiger partial charge < -0.3 is 4.74 Å². The zero-order chi connectivity index (χ0) is 9.42.